The number of aromatic nitrogens is 4. The summed E-state index contributed by atoms with van der Waals surface area (Å²) >= 11 is 0. The number of piperidine rings is 1. The zero-order valence-electron chi connectivity index (χ0n) is 24.8. The van der Waals surface area contributed by atoms with Gasteiger partial charge in [-0.15, -0.1) is 0 Å². The minimum Gasteiger partial charge on any atom is -0.465 e. The van der Waals surface area contributed by atoms with Crippen LogP contribution in [-0.2, 0) is 4.79 Å². The van der Waals surface area contributed by atoms with Gasteiger partial charge in [0.15, 0.2) is 5.65 Å². The maximum absolute atomic E-state index is 12.7. The molecule has 4 atom stereocenters. The van der Waals surface area contributed by atoms with E-state index in [-0.39, 0.29) is 42.5 Å². The summed E-state index contributed by atoms with van der Waals surface area (Å²) in [6, 6.07) is -0.442. The highest BCUT2D eigenvalue weighted by Crippen LogP contribution is 2.32. The fourth-order valence-electron chi connectivity index (χ4n) is 5.69. The van der Waals surface area contributed by atoms with E-state index in [4.69, 9.17) is 9.97 Å². The van der Waals surface area contributed by atoms with Crippen molar-refractivity contribution in [1.29, 1.82) is 0 Å². The SMILES string of the molecule is CCC(CO)Nc1nc(NC2CCN(C(=O)O)[C@H](C3CCN(C(=O)/C=C/CN(C)C)C3)C2)n2ncc(C(C)C)c2n1. The molecule has 2 amide bonds. The molecule has 226 valence electrons. The summed E-state index contributed by atoms with van der Waals surface area (Å²) < 4.78 is 1.70. The molecule has 0 spiro atoms. The van der Waals surface area contributed by atoms with Crippen LogP contribution in [0.25, 0.3) is 5.65 Å². The summed E-state index contributed by atoms with van der Waals surface area (Å²) in [4.78, 5) is 39.7. The molecule has 0 bridgehead atoms. The summed E-state index contributed by atoms with van der Waals surface area (Å²) in [5, 5.41) is 31.1. The summed E-state index contributed by atoms with van der Waals surface area (Å²) in [7, 11) is 3.90. The van der Waals surface area contributed by atoms with Crippen LogP contribution in [0.15, 0.2) is 18.3 Å². The number of carbonyl (C=O) groups excluding carboxylic acids is 1. The number of carboxylic acid groups (broad SMARTS) is 1. The van der Waals surface area contributed by atoms with Gasteiger partial charge in [-0.05, 0) is 51.6 Å². The molecule has 0 radical (unpaired) electrons. The number of likely N-dealkylation sites (N-methyl/N-ethyl adjacent to an activating group) is 1. The molecule has 2 fully saturated rings. The Morgan fingerprint density at radius 2 is 2.00 bits per heavy atom. The maximum atomic E-state index is 12.7. The van der Waals surface area contributed by atoms with E-state index in [0.717, 1.165) is 12.0 Å². The van der Waals surface area contributed by atoms with Gasteiger partial charge in [-0.25, -0.2) is 4.79 Å². The molecule has 0 saturated carbocycles. The van der Waals surface area contributed by atoms with Gasteiger partial charge in [0, 0.05) is 49.9 Å². The van der Waals surface area contributed by atoms with Gasteiger partial charge in [0.25, 0.3) is 0 Å². The van der Waals surface area contributed by atoms with Crippen molar-refractivity contribution < 1.29 is 19.8 Å². The normalized spacial score (nSPS) is 22.3. The van der Waals surface area contributed by atoms with Crippen molar-refractivity contribution in [3.8, 4) is 0 Å². The number of amides is 2. The highest BCUT2D eigenvalue weighted by molar-refractivity contribution is 5.87. The Morgan fingerprint density at radius 1 is 1.22 bits per heavy atom. The monoisotopic (exact) mass is 571 g/mol. The lowest BCUT2D eigenvalue weighted by Gasteiger charge is -2.41. The summed E-state index contributed by atoms with van der Waals surface area (Å²) in [5.41, 5.74) is 1.68. The minimum atomic E-state index is -0.928. The lowest BCUT2D eigenvalue weighted by Crippen LogP contribution is -2.52. The van der Waals surface area contributed by atoms with E-state index in [1.165, 1.54) is 0 Å². The lowest BCUT2D eigenvalue weighted by molar-refractivity contribution is -0.125. The lowest BCUT2D eigenvalue weighted by atomic mass is 9.87. The Bertz CT molecular complexity index is 1230. The van der Waals surface area contributed by atoms with Crippen LogP contribution in [0.4, 0.5) is 16.7 Å². The second-order valence-electron chi connectivity index (χ2n) is 11.7. The third-order valence-corrected chi connectivity index (χ3v) is 8.10. The Morgan fingerprint density at radius 3 is 2.66 bits per heavy atom. The molecule has 4 rings (SSSR count). The third-order valence-electron chi connectivity index (χ3n) is 8.10. The second kappa shape index (κ2) is 13.5. The Kier molecular flexibility index (Phi) is 10.0. The van der Waals surface area contributed by atoms with Crippen molar-refractivity contribution in [1.82, 2.24) is 34.3 Å². The van der Waals surface area contributed by atoms with Gasteiger partial charge in [-0.3, -0.25) is 4.79 Å². The number of aliphatic hydroxyl groups excluding tert-OH is 1. The van der Waals surface area contributed by atoms with Gasteiger partial charge in [-0.1, -0.05) is 26.8 Å². The minimum absolute atomic E-state index is 0.0296. The second-order valence-corrected chi connectivity index (χ2v) is 11.7. The molecule has 13 nitrogen and oxygen atoms in total. The Balaban J connectivity index is 1.53. The summed E-state index contributed by atoms with van der Waals surface area (Å²) in [6.07, 6.45) is 7.03. The van der Waals surface area contributed by atoms with Crippen LogP contribution in [0.5, 0.6) is 0 Å². The standard InChI is InChI=1S/C28H45N9O4/c1-6-20(17-38)30-26-32-25-22(18(2)3)15-29-37(25)27(33-26)31-21-10-13-36(28(40)41)23(14-21)19-9-12-35(16-19)24(39)8-7-11-34(4)5/h7-8,15,18-21,23,38H,6,9-14,16-17H2,1-5H3,(H,40,41)(H2,30,31,32,33)/b8-7+/t19?,20?,21?,23-/m0/s1. The van der Waals surface area contributed by atoms with Crippen LogP contribution in [0.2, 0.25) is 0 Å². The van der Waals surface area contributed by atoms with E-state index in [0.29, 0.717) is 63.0 Å². The predicted molar refractivity (Wildman–Crippen MR) is 157 cm³/mol. The highest BCUT2D eigenvalue weighted by Gasteiger charge is 2.40. The Hall–Kier alpha value is -3.45. The van der Waals surface area contributed by atoms with Crippen molar-refractivity contribution in [3.63, 3.8) is 0 Å². The van der Waals surface area contributed by atoms with E-state index in [9.17, 15) is 19.8 Å². The number of nitrogens with one attached hydrogen (secondary N) is 2. The fourth-order valence-corrected chi connectivity index (χ4v) is 5.69. The molecule has 2 aliphatic heterocycles. The van der Waals surface area contributed by atoms with Crippen molar-refractivity contribution in [2.45, 2.75) is 70.5 Å². The van der Waals surface area contributed by atoms with E-state index in [1.807, 2.05) is 36.9 Å². The molecule has 4 N–H and O–H groups in total. The van der Waals surface area contributed by atoms with Crippen molar-refractivity contribution >= 4 is 29.5 Å². The van der Waals surface area contributed by atoms with Gasteiger partial charge in [0.2, 0.25) is 17.8 Å². The molecule has 4 heterocycles. The molecule has 13 heteroatoms. The average molecular weight is 572 g/mol. The summed E-state index contributed by atoms with van der Waals surface area (Å²) in [6.45, 7) is 8.35. The molecule has 41 heavy (non-hydrogen) atoms. The smallest absolute Gasteiger partial charge is 0.407 e. The average Bonchev–Trinajstić information content (AvgIpc) is 3.59. The van der Waals surface area contributed by atoms with E-state index >= 15 is 0 Å². The zero-order valence-corrected chi connectivity index (χ0v) is 24.8. The number of hydrogen-bond acceptors (Lipinski definition) is 9. The number of anilines is 2. The van der Waals surface area contributed by atoms with Crippen molar-refractivity contribution in [3.05, 3.63) is 23.9 Å². The summed E-state index contributed by atoms with van der Waals surface area (Å²) in [5.74, 6) is 1.17. The molecule has 0 aromatic carbocycles. The number of hydrogen-bond donors (Lipinski definition) is 4. The quantitative estimate of drug-likeness (QED) is 0.296. The van der Waals surface area contributed by atoms with Crippen LogP contribution in [-0.4, -0.2) is 122 Å². The van der Waals surface area contributed by atoms with Gasteiger partial charge in [0.1, 0.15) is 0 Å². The third kappa shape index (κ3) is 7.25. The van der Waals surface area contributed by atoms with Crippen molar-refractivity contribution in [2.75, 3.05) is 57.5 Å². The number of nitrogens with zero attached hydrogens (tertiary/aromatic N) is 7. The molecular weight excluding hydrogens is 526 g/mol. The maximum Gasteiger partial charge on any atom is 0.407 e. The Labute approximate surface area is 241 Å². The first-order valence-electron chi connectivity index (χ1n) is 14.6. The molecular formula is C28H45N9O4. The molecule has 3 unspecified atom stereocenters. The number of carbonyl (C=O) groups is 2. The van der Waals surface area contributed by atoms with Gasteiger partial charge in [0.05, 0.1) is 18.8 Å². The number of fused-ring (bicyclic) bond motifs is 1. The zero-order chi connectivity index (χ0) is 29.7. The first-order chi connectivity index (χ1) is 19.6. The number of rotatable bonds is 11. The molecule has 2 aromatic heterocycles. The van der Waals surface area contributed by atoms with Crippen molar-refractivity contribution in [2.24, 2.45) is 5.92 Å². The molecule has 0 aliphatic carbocycles. The van der Waals surface area contributed by atoms with Gasteiger partial charge >= 0.3 is 6.09 Å². The van der Waals surface area contributed by atoms with Crippen LogP contribution < -0.4 is 10.6 Å². The molecule has 2 aliphatic rings. The molecule has 2 aromatic rings. The van der Waals surface area contributed by atoms with Gasteiger partial charge < -0.3 is 35.5 Å². The van der Waals surface area contributed by atoms with Gasteiger partial charge in [-0.2, -0.15) is 19.6 Å². The van der Waals surface area contributed by atoms with Crippen LogP contribution in [0, 0.1) is 5.92 Å². The fraction of sp³-hybridized carbons (Fsp3) is 0.679. The van der Waals surface area contributed by atoms with Crippen LogP contribution in [0.3, 0.4) is 0 Å². The topological polar surface area (TPSA) is 151 Å². The number of likely N-dealkylation sites (tertiary alicyclic amines) is 2. The van der Waals surface area contributed by atoms with E-state index in [1.54, 1.807) is 21.7 Å². The first-order valence-corrected chi connectivity index (χ1v) is 14.6. The predicted octanol–water partition coefficient (Wildman–Crippen LogP) is 2.32. The largest absolute Gasteiger partial charge is 0.465 e. The molecule has 2 saturated heterocycles. The number of aliphatic hydroxyl groups is 1. The van der Waals surface area contributed by atoms with Crippen LogP contribution >= 0.6 is 0 Å². The van der Waals surface area contributed by atoms with Crippen LogP contribution in [0.1, 0.15) is 57.9 Å². The van der Waals surface area contributed by atoms with E-state index in [2.05, 4.69) is 29.6 Å². The first kappa shape index (κ1) is 30.5. The van der Waals surface area contributed by atoms with E-state index < -0.39 is 6.09 Å². The highest BCUT2D eigenvalue weighted by atomic mass is 16.4.